The highest BCUT2D eigenvalue weighted by Crippen LogP contribution is 2.21. The minimum absolute atomic E-state index is 0.174. The first-order chi connectivity index (χ1) is 7.15. The summed E-state index contributed by atoms with van der Waals surface area (Å²) in [4.78, 5) is 0. The first-order valence-electron chi connectivity index (χ1n) is 5.01. The van der Waals surface area contributed by atoms with Gasteiger partial charge < -0.3 is 5.32 Å². The molecule has 0 radical (unpaired) electrons. The van der Waals surface area contributed by atoms with Crippen molar-refractivity contribution in [2.45, 2.75) is 19.0 Å². The van der Waals surface area contributed by atoms with Gasteiger partial charge in [0.15, 0.2) is 0 Å². The van der Waals surface area contributed by atoms with E-state index in [4.69, 9.17) is 11.6 Å². The van der Waals surface area contributed by atoms with Gasteiger partial charge in [0.05, 0.1) is 0 Å². The first kappa shape index (κ1) is 11.1. The Kier molecular flexibility index (Phi) is 3.44. The second-order valence-electron chi connectivity index (χ2n) is 3.95. The summed E-state index contributed by atoms with van der Waals surface area (Å²) >= 11 is 5.93. The van der Waals surface area contributed by atoms with E-state index < -0.39 is 10.8 Å². The maximum atomic E-state index is 11.6. The van der Waals surface area contributed by atoms with E-state index in [0.717, 1.165) is 16.3 Å². The summed E-state index contributed by atoms with van der Waals surface area (Å²) in [5, 5.41) is 4.17. The van der Waals surface area contributed by atoms with E-state index in [2.05, 4.69) is 12.2 Å². The monoisotopic (exact) mass is 243 g/mol. The van der Waals surface area contributed by atoms with Gasteiger partial charge in [0.2, 0.25) is 0 Å². The lowest BCUT2D eigenvalue weighted by Gasteiger charge is -2.28. The maximum absolute atomic E-state index is 11.6. The quantitative estimate of drug-likeness (QED) is 0.819. The Bertz CT molecular complexity index is 383. The lowest BCUT2D eigenvalue weighted by molar-refractivity contribution is 0.490. The molecular weight excluding hydrogens is 230 g/mol. The predicted molar refractivity (Wildman–Crippen MR) is 64.7 cm³/mol. The second-order valence-corrected chi connectivity index (χ2v) is 5.93. The Morgan fingerprint density at radius 2 is 2.27 bits per heavy atom. The molecule has 1 aliphatic rings. The molecule has 82 valence electrons. The maximum Gasteiger partial charge on any atom is 0.0439 e. The lowest BCUT2D eigenvalue weighted by atomic mass is 10.1. The van der Waals surface area contributed by atoms with E-state index in [0.29, 0.717) is 11.8 Å². The Balaban J connectivity index is 2.19. The SMILES string of the molecule is CC1CS(=O)CC(c2cccc(Cl)c2)N1. The summed E-state index contributed by atoms with van der Waals surface area (Å²) in [7, 11) is -0.713. The van der Waals surface area contributed by atoms with Gasteiger partial charge in [0, 0.05) is 39.4 Å². The van der Waals surface area contributed by atoms with Gasteiger partial charge in [0.25, 0.3) is 0 Å². The summed E-state index contributed by atoms with van der Waals surface area (Å²) < 4.78 is 11.6. The zero-order valence-electron chi connectivity index (χ0n) is 8.57. The van der Waals surface area contributed by atoms with Gasteiger partial charge in [0.1, 0.15) is 0 Å². The van der Waals surface area contributed by atoms with Crippen LogP contribution in [0, 0.1) is 0 Å². The van der Waals surface area contributed by atoms with Gasteiger partial charge in [-0.2, -0.15) is 0 Å². The topological polar surface area (TPSA) is 29.1 Å². The molecule has 1 N–H and O–H groups in total. The molecule has 2 rings (SSSR count). The molecule has 1 fully saturated rings. The van der Waals surface area contributed by atoms with Crippen molar-refractivity contribution in [3.05, 3.63) is 34.9 Å². The fourth-order valence-electron chi connectivity index (χ4n) is 1.89. The molecule has 1 aromatic rings. The van der Waals surface area contributed by atoms with E-state index in [1.807, 2.05) is 24.3 Å². The Morgan fingerprint density at radius 1 is 1.47 bits per heavy atom. The lowest BCUT2D eigenvalue weighted by Crippen LogP contribution is -2.43. The van der Waals surface area contributed by atoms with E-state index in [1.54, 1.807) is 0 Å². The van der Waals surface area contributed by atoms with E-state index in [1.165, 1.54) is 0 Å². The van der Waals surface area contributed by atoms with Gasteiger partial charge in [-0.15, -0.1) is 0 Å². The van der Waals surface area contributed by atoms with Crippen LogP contribution in [-0.2, 0) is 10.8 Å². The number of hydrogen-bond donors (Lipinski definition) is 1. The summed E-state index contributed by atoms with van der Waals surface area (Å²) in [6.45, 7) is 2.06. The number of halogens is 1. The Labute approximate surface area is 97.5 Å². The summed E-state index contributed by atoms with van der Waals surface area (Å²) in [5.41, 5.74) is 1.13. The molecule has 1 aromatic carbocycles. The Morgan fingerprint density at radius 3 is 2.93 bits per heavy atom. The molecule has 1 heterocycles. The third-order valence-corrected chi connectivity index (χ3v) is 4.34. The molecule has 0 aliphatic carbocycles. The van der Waals surface area contributed by atoms with Crippen LogP contribution in [0.4, 0.5) is 0 Å². The van der Waals surface area contributed by atoms with Crippen LogP contribution in [0.3, 0.4) is 0 Å². The van der Waals surface area contributed by atoms with Crippen LogP contribution in [0.1, 0.15) is 18.5 Å². The van der Waals surface area contributed by atoms with Crippen molar-refractivity contribution in [3.63, 3.8) is 0 Å². The molecule has 4 heteroatoms. The largest absolute Gasteiger partial charge is 0.306 e. The van der Waals surface area contributed by atoms with Crippen LogP contribution in [0.2, 0.25) is 5.02 Å². The van der Waals surface area contributed by atoms with E-state index >= 15 is 0 Å². The molecule has 2 nitrogen and oxygen atoms in total. The summed E-state index contributed by atoms with van der Waals surface area (Å²) in [6, 6.07) is 8.24. The van der Waals surface area contributed by atoms with Gasteiger partial charge in [-0.05, 0) is 24.6 Å². The van der Waals surface area contributed by atoms with Crippen molar-refractivity contribution in [2.75, 3.05) is 11.5 Å². The van der Waals surface area contributed by atoms with Crippen molar-refractivity contribution in [3.8, 4) is 0 Å². The minimum Gasteiger partial charge on any atom is -0.306 e. The van der Waals surface area contributed by atoms with Crippen LogP contribution in [-0.4, -0.2) is 21.8 Å². The fraction of sp³-hybridized carbons (Fsp3) is 0.455. The van der Waals surface area contributed by atoms with Crippen LogP contribution in [0.25, 0.3) is 0 Å². The molecule has 0 amide bonds. The molecule has 3 atom stereocenters. The third kappa shape index (κ3) is 2.80. The van der Waals surface area contributed by atoms with Crippen LogP contribution in [0.15, 0.2) is 24.3 Å². The zero-order chi connectivity index (χ0) is 10.8. The minimum atomic E-state index is -0.713. The molecule has 15 heavy (non-hydrogen) atoms. The highest BCUT2D eigenvalue weighted by atomic mass is 35.5. The van der Waals surface area contributed by atoms with E-state index in [9.17, 15) is 4.21 Å². The summed E-state index contributed by atoms with van der Waals surface area (Å²) in [6.07, 6.45) is 0. The van der Waals surface area contributed by atoms with Gasteiger partial charge in [-0.1, -0.05) is 23.7 Å². The first-order valence-corrected chi connectivity index (χ1v) is 6.88. The van der Waals surface area contributed by atoms with Crippen molar-refractivity contribution < 1.29 is 4.21 Å². The smallest absolute Gasteiger partial charge is 0.0439 e. The molecule has 0 spiro atoms. The van der Waals surface area contributed by atoms with Crippen molar-refractivity contribution in [2.24, 2.45) is 0 Å². The summed E-state index contributed by atoms with van der Waals surface area (Å²) in [5.74, 6) is 1.43. The Hall–Kier alpha value is -0.380. The average Bonchev–Trinajstić information content (AvgIpc) is 2.16. The normalized spacial score (nSPS) is 31.5. The highest BCUT2D eigenvalue weighted by Gasteiger charge is 2.23. The number of nitrogens with one attached hydrogen (secondary N) is 1. The average molecular weight is 244 g/mol. The molecule has 1 aliphatic heterocycles. The van der Waals surface area contributed by atoms with Crippen molar-refractivity contribution in [1.82, 2.24) is 5.32 Å². The molecule has 3 unspecified atom stereocenters. The number of hydrogen-bond acceptors (Lipinski definition) is 2. The van der Waals surface area contributed by atoms with Crippen molar-refractivity contribution >= 4 is 22.4 Å². The van der Waals surface area contributed by atoms with Crippen molar-refractivity contribution in [1.29, 1.82) is 0 Å². The molecule has 1 saturated heterocycles. The molecular formula is C11H14ClNOS. The number of rotatable bonds is 1. The molecule has 0 aromatic heterocycles. The fourth-order valence-corrected chi connectivity index (χ4v) is 3.54. The van der Waals surface area contributed by atoms with Crippen LogP contribution >= 0.6 is 11.6 Å². The predicted octanol–water partition coefficient (Wildman–Crippen LogP) is 2.12. The second kappa shape index (κ2) is 4.64. The van der Waals surface area contributed by atoms with Crippen LogP contribution < -0.4 is 5.32 Å². The van der Waals surface area contributed by atoms with Gasteiger partial charge >= 0.3 is 0 Å². The standard InChI is InChI=1S/C11H14ClNOS/c1-8-6-15(14)7-11(13-8)9-3-2-4-10(12)5-9/h2-5,8,11,13H,6-7H2,1H3. The number of benzene rings is 1. The van der Waals surface area contributed by atoms with Gasteiger partial charge in [-0.25, -0.2) is 0 Å². The van der Waals surface area contributed by atoms with E-state index in [-0.39, 0.29) is 6.04 Å². The zero-order valence-corrected chi connectivity index (χ0v) is 10.1. The van der Waals surface area contributed by atoms with Gasteiger partial charge in [-0.3, -0.25) is 4.21 Å². The highest BCUT2D eigenvalue weighted by molar-refractivity contribution is 7.85. The third-order valence-electron chi connectivity index (χ3n) is 2.53. The molecule has 0 saturated carbocycles. The van der Waals surface area contributed by atoms with Crippen LogP contribution in [0.5, 0.6) is 0 Å². The molecule has 0 bridgehead atoms.